The number of aromatic nitrogens is 2. The molecule has 138 valence electrons. The molecule has 5 nitrogen and oxygen atoms in total. The molecule has 4 rings (SSSR count). The van der Waals surface area contributed by atoms with Gasteiger partial charge in [-0.25, -0.2) is 15.4 Å². The van der Waals surface area contributed by atoms with Gasteiger partial charge in [0.05, 0.1) is 0 Å². The van der Waals surface area contributed by atoms with Crippen molar-refractivity contribution in [3.8, 4) is 0 Å². The number of benzene rings is 1. The minimum atomic E-state index is -0.159. The molecule has 1 heterocycles. The third-order valence-corrected chi connectivity index (χ3v) is 5.93. The van der Waals surface area contributed by atoms with Crippen LogP contribution in [0.25, 0.3) is 0 Å². The van der Waals surface area contributed by atoms with Crippen molar-refractivity contribution < 1.29 is 4.79 Å². The van der Waals surface area contributed by atoms with Gasteiger partial charge in [0.1, 0.15) is 0 Å². The highest BCUT2D eigenvalue weighted by Crippen LogP contribution is 2.40. The normalized spacial score (nSPS) is 21.8. The van der Waals surface area contributed by atoms with E-state index in [1.54, 1.807) is 11.8 Å². The Balaban J connectivity index is 1.31. The molecule has 1 aromatic heterocycles. The first kappa shape index (κ1) is 17.9. The Labute approximate surface area is 163 Å². The summed E-state index contributed by atoms with van der Waals surface area (Å²) >= 11 is 1.60. The quantitative estimate of drug-likeness (QED) is 0.369. The fourth-order valence-electron chi connectivity index (χ4n) is 3.51. The fraction of sp³-hybridized carbons (Fsp3) is 0.333. The van der Waals surface area contributed by atoms with Gasteiger partial charge >= 0.3 is 0 Å². The van der Waals surface area contributed by atoms with E-state index in [9.17, 15) is 4.79 Å². The minimum Gasteiger partial charge on any atom is -0.267 e. The number of allylic oxidation sites excluding steroid dienone is 2. The number of hydrogen-bond donors (Lipinski definition) is 1. The van der Waals surface area contributed by atoms with Gasteiger partial charge in [0.25, 0.3) is 5.91 Å². The Morgan fingerprint density at radius 3 is 2.67 bits per heavy atom. The van der Waals surface area contributed by atoms with Gasteiger partial charge in [0, 0.05) is 34.3 Å². The van der Waals surface area contributed by atoms with Crippen LogP contribution in [0.3, 0.4) is 0 Å². The maximum atomic E-state index is 12.3. The van der Waals surface area contributed by atoms with E-state index in [0.29, 0.717) is 17.4 Å². The molecule has 1 N–H and O–H groups in total. The molecule has 1 fully saturated rings. The van der Waals surface area contributed by atoms with Crippen LogP contribution in [0.1, 0.15) is 40.2 Å². The first-order valence-electron chi connectivity index (χ1n) is 9.16. The lowest BCUT2D eigenvalue weighted by Crippen LogP contribution is -2.35. The Hall–Kier alpha value is -2.47. The van der Waals surface area contributed by atoms with E-state index in [1.165, 1.54) is 0 Å². The van der Waals surface area contributed by atoms with Crippen LogP contribution in [-0.2, 0) is 5.75 Å². The molecule has 2 aliphatic rings. The molecule has 1 amide bonds. The summed E-state index contributed by atoms with van der Waals surface area (Å²) in [6.07, 6.45) is 6.49. The van der Waals surface area contributed by atoms with Crippen LogP contribution in [0.2, 0.25) is 0 Å². The number of thioether (sulfide) groups is 1. The van der Waals surface area contributed by atoms with Crippen LogP contribution < -0.4 is 5.43 Å². The fourth-order valence-corrected chi connectivity index (χ4v) is 4.41. The number of fused-ring (bicyclic) bond motifs is 1. The van der Waals surface area contributed by atoms with E-state index < -0.39 is 0 Å². The van der Waals surface area contributed by atoms with Crippen molar-refractivity contribution in [1.29, 1.82) is 0 Å². The van der Waals surface area contributed by atoms with Crippen molar-refractivity contribution in [1.82, 2.24) is 15.4 Å². The molecule has 1 saturated carbocycles. The summed E-state index contributed by atoms with van der Waals surface area (Å²) in [5.41, 5.74) is 7.51. The molecule has 2 aliphatic carbocycles. The highest BCUT2D eigenvalue weighted by Gasteiger charge is 2.38. The predicted octanol–water partition coefficient (Wildman–Crippen LogP) is 4.07. The zero-order valence-electron chi connectivity index (χ0n) is 15.5. The lowest BCUT2D eigenvalue weighted by molar-refractivity contribution is 0.0954. The number of nitrogens with zero attached hydrogens (tertiary/aromatic N) is 3. The summed E-state index contributed by atoms with van der Waals surface area (Å²) in [5, 5.41) is 5.10. The van der Waals surface area contributed by atoms with E-state index in [0.717, 1.165) is 46.4 Å². The van der Waals surface area contributed by atoms with Crippen LogP contribution in [0, 0.1) is 25.7 Å². The molecule has 0 saturated heterocycles. The average Bonchev–Trinajstić information content (AvgIpc) is 3.00. The van der Waals surface area contributed by atoms with Crippen molar-refractivity contribution in [3.05, 3.63) is 65.0 Å². The molecule has 6 heteroatoms. The highest BCUT2D eigenvalue weighted by atomic mass is 32.2. The number of carbonyl (C=O) groups is 1. The number of rotatable bonds is 5. The average molecular weight is 379 g/mol. The molecule has 0 unspecified atom stereocenters. The SMILES string of the molecule is Cc1cc(C)nc(SCc2ccc(C(=O)N/N=C3/C[C@@H]4C=CC[C@@H]34)cc2)n1. The Morgan fingerprint density at radius 2 is 1.96 bits per heavy atom. The number of amides is 1. The maximum Gasteiger partial charge on any atom is 0.271 e. The molecule has 2 aromatic rings. The molecular weight excluding hydrogens is 356 g/mol. The van der Waals surface area contributed by atoms with Gasteiger partial charge in [-0.05, 0) is 56.4 Å². The van der Waals surface area contributed by atoms with Crippen LogP contribution in [-0.4, -0.2) is 21.6 Å². The molecule has 0 bridgehead atoms. The van der Waals surface area contributed by atoms with Gasteiger partial charge in [0.2, 0.25) is 0 Å². The number of carbonyl (C=O) groups excluding carboxylic acids is 1. The van der Waals surface area contributed by atoms with E-state index in [2.05, 4.69) is 32.6 Å². The molecule has 0 aliphatic heterocycles. The second kappa shape index (κ2) is 7.64. The monoisotopic (exact) mass is 378 g/mol. The van der Waals surface area contributed by atoms with Gasteiger partial charge in [-0.3, -0.25) is 4.79 Å². The topological polar surface area (TPSA) is 67.2 Å². The highest BCUT2D eigenvalue weighted by molar-refractivity contribution is 7.98. The minimum absolute atomic E-state index is 0.159. The van der Waals surface area contributed by atoms with Gasteiger partial charge in [-0.15, -0.1) is 0 Å². The number of hydrazone groups is 1. The lowest BCUT2D eigenvalue weighted by Gasteiger charge is -2.31. The Bertz CT molecular complexity index is 900. The smallest absolute Gasteiger partial charge is 0.267 e. The first-order chi connectivity index (χ1) is 13.1. The summed E-state index contributed by atoms with van der Waals surface area (Å²) in [7, 11) is 0. The third kappa shape index (κ3) is 4.11. The summed E-state index contributed by atoms with van der Waals surface area (Å²) in [6, 6.07) is 9.59. The van der Waals surface area contributed by atoms with Crippen LogP contribution in [0.15, 0.2) is 52.7 Å². The zero-order valence-corrected chi connectivity index (χ0v) is 16.3. The zero-order chi connectivity index (χ0) is 18.8. The van der Waals surface area contributed by atoms with E-state index in [4.69, 9.17) is 0 Å². The van der Waals surface area contributed by atoms with E-state index in [1.807, 2.05) is 44.2 Å². The van der Waals surface area contributed by atoms with Crippen molar-refractivity contribution in [2.24, 2.45) is 16.9 Å². The number of nitrogens with one attached hydrogen (secondary N) is 1. The van der Waals surface area contributed by atoms with E-state index in [-0.39, 0.29) is 5.91 Å². The molecule has 0 radical (unpaired) electrons. The second-order valence-corrected chi connectivity index (χ2v) is 8.04. The van der Waals surface area contributed by atoms with Crippen molar-refractivity contribution in [3.63, 3.8) is 0 Å². The summed E-state index contributed by atoms with van der Waals surface area (Å²) in [4.78, 5) is 21.2. The largest absolute Gasteiger partial charge is 0.271 e. The van der Waals surface area contributed by atoms with Crippen LogP contribution >= 0.6 is 11.8 Å². The van der Waals surface area contributed by atoms with Crippen LogP contribution in [0.4, 0.5) is 0 Å². The summed E-state index contributed by atoms with van der Waals surface area (Å²) in [6.45, 7) is 3.95. The molecule has 0 spiro atoms. The van der Waals surface area contributed by atoms with Gasteiger partial charge in [0.15, 0.2) is 5.16 Å². The lowest BCUT2D eigenvalue weighted by atomic mass is 9.74. The predicted molar refractivity (Wildman–Crippen MR) is 108 cm³/mol. The summed E-state index contributed by atoms with van der Waals surface area (Å²) in [5.74, 6) is 1.76. The molecule has 1 aromatic carbocycles. The Morgan fingerprint density at radius 1 is 1.22 bits per heavy atom. The van der Waals surface area contributed by atoms with Gasteiger partial charge in [-0.2, -0.15) is 5.10 Å². The van der Waals surface area contributed by atoms with E-state index >= 15 is 0 Å². The maximum absolute atomic E-state index is 12.3. The van der Waals surface area contributed by atoms with Crippen molar-refractivity contribution in [2.45, 2.75) is 37.6 Å². The first-order valence-corrected chi connectivity index (χ1v) is 10.1. The Kier molecular flexibility index (Phi) is 5.07. The van der Waals surface area contributed by atoms with Gasteiger partial charge < -0.3 is 0 Å². The van der Waals surface area contributed by atoms with Crippen molar-refractivity contribution in [2.75, 3.05) is 0 Å². The van der Waals surface area contributed by atoms with Crippen molar-refractivity contribution >= 4 is 23.4 Å². The molecular formula is C21H22N4OS. The molecule has 2 atom stereocenters. The second-order valence-electron chi connectivity index (χ2n) is 7.10. The van der Waals surface area contributed by atoms with Gasteiger partial charge in [-0.1, -0.05) is 36.0 Å². The third-order valence-electron chi connectivity index (χ3n) is 5.01. The van der Waals surface area contributed by atoms with Crippen LogP contribution in [0.5, 0.6) is 0 Å². The number of aryl methyl sites for hydroxylation is 2. The summed E-state index contributed by atoms with van der Waals surface area (Å²) < 4.78 is 0. The number of hydrogen-bond acceptors (Lipinski definition) is 5. The molecule has 27 heavy (non-hydrogen) atoms. The standard InChI is InChI=1S/C21H22N4OS/c1-13-10-14(2)23-21(22-13)27-12-15-6-8-16(9-7-15)20(26)25-24-19-11-17-4-3-5-18(17)19/h3-4,6-10,17-18H,5,11-12H2,1-2H3,(H,25,26)/b24-19-/t17-,18+/m0/s1.